The van der Waals surface area contributed by atoms with Crippen LogP contribution in [0.3, 0.4) is 0 Å². The second-order valence-electron chi connectivity index (χ2n) is 8.15. The van der Waals surface area contributed by atoms with Crippen LogP contribution in [0.25, 0.3) is 0 Å². The third-order valence-corrected chi connectivity index (χ3v) is 4.57. The first-order valence-corrected chi connectivity index (χ1v) is 11.7. The summed E-state index contributed by atoms with van der Waals surface area (Å²) in [4.78, 5) is 5.34. The van der Waals surface area contributed by atoms with E-state index in [-0.39, 0.29) is 10.1 Å². The van der Waals surface area contributed by atoms with Crippen molar-refractivity contribution in [2.24, 2.45) is 5.16 Å². The van der Waals surface area contributed by atoms with E-state index in [2.05, 4.69) is 19.0 Å². The van der Waals surface area contributed by atoms with Crippen LogP contribution in [-0.2, 0) is 22.4 Å². The Kier molecular flexibility index (Phi) is 12.8. The molecule has 0 saturated heterocycles. The van der Waals surface area contributed by atoms with Gasteiger partial charge in [0.2, 0.25) is 5.90 Å². The van der Waals surface area contributed by atoms with Gasteiger partial charge in [-0.3, -0.25) is 0 Å². The van der Waals surface area contributed by atoms with Gasteiger partial charge in [0.15, 0.2) is 0 Å². The van der Waals surface area contributed by atoms with Gasteiger partial charge in [0, 0.05) is 6.92 Å². The number of unbranched alkanes of at least 4 members (excludes halogenated alkanes) is 2. The van der Waals surface area contributed by atoms with Gasteiger partial charge in [-0.05, 0) is 82.2 Å². The van der Waals surface area contributed by atoms with Crippen molar-refractivity contribution in [3.8, 4) is 11.5 Å². The summed E-state index contributed by atoms with van der Waals surface area (Å²) in [7, 11) is 0. The molecule has 0 fully saturated rings. The summed E-state index contributed by atoms with van der Waals surface area (Å²) in [6.07, 6.45) is 6.28. The number of hydrogen-bond donors (Lipinski definition) is 0. The normalized spacial score (nSPS) is 11.8. The minimum absolute atomic E-state index is 0.206. The Bertz CT molecular complexity index is 698. The van der Waals surface area contributed by atoms with Gasteiger partial charge in [0.05, 0.1) is 13.2 Å². The second kappa shape index (κ2) is 14.5. The van der Waals surface area contributed by atoms with Crippen LogP contribution in [0.15, 0.2) is 27.9 Å². The van der Waals surface area contributed by atoms with Gasteiger partial charge in [-0.1, -0.05) is 42.2 Å². The van der Waals surface area contributed by atoms with Crippen LogP contribution < -0.4 is 9.47 Å². The first-order chi connectivity index (χ1) is 14.7. The highest BCUT2D eigenvalue weighted by atomic mass is 35.5. The SMILES string of the molecule is CCc1cc(OCC=C(Cl)Cl)cc(CC)c1OCCCCCOC(C)=NOC(C)(C)C. The zero-order valence-electron chi connectivity index (χ0n) is 19.7. The maximum atomic E-state index is 6.16. The summed E-state index contributed by atoms with van der Waals surface area (Å²) in [5, 5.41) is 3.98. The monoisotopic (exact) mass is 473 g/mol. The molecular weight excluding hydrogens is 437 g/mol. The van der Waals surface area contributed by atoms with E-state index in [4.69, 9.17) is 42.3 Å². The van der Waals surface area contributed by atoms with Crippen LogP contribution in [-0.4, -0.2) is 31.3 Å². The first-order valence-electron chi connectivity index (χ1n) is 10.9. The van der Waals surface area contributed by atoms with Gasteiger partial charge in [-0.2, -0.15) is 0 Å². The fraction of sp³-hybridized carbons (Fsp3) is 0.625. The smallest absolute Gasteiger partial charge is 0.222 e. The zero-order chi connectivity index (χ0) is 23.3. The number of hydrogen-bond acceptors (Lipinski definition) is 5. The molecule has 1 rings (SSSR count). The Hall–Kier alpha value is -1.59. The molecule has 0 bridgehead atoms. The third kappa shape index (κ3) is 12.1. The molecule has 0 spiro atoms. The quantitative estimate of drug-likeness (QED) is 0.131. The van der Waals surface area contributed by atoms with E-state index in [1.54, 1.807) is 13.0 Å². The lowest BCUT2D eigenvalue weighted by atomic mass is 10.0. The van der Waals surface area contributed by atoms with E-state index in [1.165, 1.54) is 0 Å². The zero-order valence-corrected chi connectivity index (χ0v) is 21.2. The van der Waals surface area contributed by atoms with Crippen LogP contribution in [0.5, 0.6) is 11.5 Å². The minimum atomic E-state index is -0.310. The molecule has 0 aromatic heterocycles. The Balaban J connectivity index is 2.46. The van der Waals surface area contributed by atoms with Crippen molar-refractivity contribution >= 4 is 29.1 Å². The number of benzene rings is 1. The average molecular weight is 474 g/mol. The average Bonchev–Trinajstić information content (AvgIpc) is 2.70. The van der Waals surface area contributed by atoms with Crippen LogP contribution in [0.4, 0.5) is 0 Å². The lowest BCUT2D eigenvalue weighted by molar-refractivity contribution is -0.00396. The van der Waals surface area contributed by atoms with Crippen molar-refractivity contribution in [2.45, 2.75) is 79.2 Å². The largest absolute Gasteiger partial charge is 0.493 e. The lowest BCUT2D eigenvalue weighted by Gasteiger charge is -2.17. The molecule has 5 nitrogen and oxygen atoms in total. The summed E-state index contributed by atoms with van der Waals surface area (Å²) >= 11 is 11.3. The molecule has 0 radical (unpaired) electrons. The van der Waals surface area contributed by atoms with Crippen molar-refractivity contribution in [2.75, 3.05) is 19.8 Å². The van der Waals surface area contributed by atoms with Crippen molar-refractivity contribution in [3.63, 3.8) is 0 Å². The maximum absolute atomic E-state index is 6.16. The molecule has 0 saturated carbocycles. The van der Waals surface area contributed by atoms with Crippen molar-refractivity contribution < 1.29 is 19.0 Å². The number of ether oxygens (including phenoxy) is 3. The maximum Gasteiger partial charge on any atom is 0.222 e. The highest BCUT2D eigenvalue weighted by Gasteiger charge is 2.12. The van der Waals surface area contributed by atoms with Gasteiger partial charge in [-0.25, -0.2) is 0 Å². The highest BCUT2D eigenvalue weighted by molar-refractivity contribution is 6.55. The van der Waals surface area contributed by atoms with E-state index in [1.807, 2.05) is 32.9 Å². The van der Waals surface area contributed by atoms with Crippen LogP contribution in [0.2, 0.25) is 0 Å². The van der Waals surface area contributed by atoms with E-state index >= 15 is 0 Å². The second-order valence-corrected chi connectivity index (χ2v) is 9.16. The van der Waals surface area contributed by atoms with E-state index in [9.17, 15) is 0 Å². The molecule has 176 valence electrons. The summed E-state index contributed by atoms with van der Waals surface area (Å²) in [6, 6.07) is 4.06. The highest BCUT2D eigenvalue weighted by Crippen LogP contribution is 2.31. The van der Waals surface area contributed by atoms with Crippen LogP contribution >= 0.6 is 23.2 Å². The van der Waals surface area contributed by atoms with E-state index in [0.29, 0.717) is 25.7 Å². The van der Waals surface area contributed by atoms with Crippen molar-refractivity contribution in [1.82, 2.24) is 0 Å². The summed E-state index contributed by atoms with van der Waals surface area (Å²) in [6.45, 7) is 13.5. The minimum Gasteiger partial charge on any atom is -0.493 e. The summed E-state index contributed by atoms with van der Waals surface area (Å²) in [5.74, 6) is 2.33. The molecule has 0 unspecified atom stereocenters. The number of rotatable bonds is 13. The van der Waals surface area contributed by atoms with Crippen LogP contribution in [0, 0.1) is 0 Å². The van der Waals surface area contributed by atoms with Gasteiger partial charge in [-0.15, -0.1) is 0 Å². The Labute approximate surface area is 197 Å². The molecule has 7 heteroatoms. The summed E-state index contributed by atoms with van der Waals surface area (Å²) < 4.78 is 17.7. The molecule has 0 aliphatic carbocycles. The Morgan fingerprint density at radius 2 is 1.58 bits per heavy atom. The lowest BCUT2D eigenvalue weighted by Crippen LogP contribution is -2.17. The van der Waals surface area contributed by atoms with Crippen molar-refractivity contribution in [1.29, 1.82) is 0 Å². The molecule has 0 heterocycles. The van der Waals surface area contributed by atoms with Gasteiger partial charge >= 0.3 is 0 Å². The topological polar surface area (TPSA) is 49.3 Å². The first kappa shape index (κ1) is 27.4. The van der Waals surface area contributed by atoms with E-state index in [0.717, 1.165) is 54.7 Å². The molecule has 0 aliphatic rings. The number of aryl methyl sites for hydroxylation is 2. The predicted octanol–water partition coefficient (Wildman–Crippen LogP) is 7.22. The molecule has 0 amide bonds. The summed E-state index contributed by atoms with van der Waals surface area (Å²) in [5.41, 5.74) is 1.98. The number of oxime groups is 1. The fourth-order valence-corrected chi connectivity index (χ4v) is 2.85. The molecule has 1 aromatic carbocycles. The van der Waals surface area contributed by atoms with Gasteiger partial charge < -0.3 is 19.0 Å². The van der Waals surface area contributed by atoms with Crippen LogP contribution in [0.1, 0.15) is 71.9 Å². The van der Waals surface area contributed by atoms with Gasteiger partial charge in [0.25, 0.3) is 0 Å². The Morgan fingerprint density at radius 1 is 0.968 bits per heavy atom. The number of nitrogens with zero attached hydrogens (tertiary/aromatic N) is 1. The molecule has 0 N–H and O–H groups in total. The fourth-order valence-electron chi connectivity index (χ4n) is 2.72. The third-order valence-electron chi connectivity index (χ3n) is 4.26. The molecule has 31 heavy (non-hydrogen) atoms. The Morgan fingerprint density at radius 3 is 2.13 bits per heavy atom. The standard InChI is InChI=1S/C24H37Cl2NO4/c1-7-19-16-21(29-15-12-22(25)26)17-20(8-2)23(19)30-14-11-9-10-13-28-18(3)27-31-24(4,5)6/h12,16-17H,7-11,13-15H2,1-6H3. The molecular formula is C24H37Cl2NO4. The molecule has 1 aromatic rings. The van der Waals surface area contributed by atoms with Crippen molar-refractivity contribution in [3.05, 3.63) is 33.8 Å². The van der Waals surface area contributed by atoms with Gasteiger partial charge in [0.1, 0.15) is 28.2 Å². The predicted molar refractivity (Wildman–Crippen MR) is 130 cm³/mol. The van der Waals surface area contributed by atoms with E-state index < -0.39 is 0 Å². The molecule has 0 atom stereocenters. The molecule has 0 aliphatic heterocycles. The number of halogens is 2.